The fourth-order valence-electron chi connectivity index (χ4n) is 1.79. The summed E-state index contributed by atoms with van der Waals surface area (Å²) >= 11 is 0. The third kappa shape index (κ3) is 3.27. The summed E-state index contributed by atoms with van der Waals surface area (Å²) in [7, 11) is 0. The number of rotatable bonds is 2. The second kappa shape index (κ2) is 5.14. The molecule has 8 nitrogen and oxygen atoms in total. The molecule has 0 aliphatic carbocycles. The summed E-state index contributed by atoms with van der Waals surface area (Å²) in [6.07, 6.45) is -0.383. The topological polar surface area (TPSA) is 116 Å². The summed E-state index contributed by atoms with van der Waals surface area (Å²) in [6, 6.07) is -1.91. The minimum absolute atomic E-state index is 0.204. The third-order valence-corrected chi connectivity index (χ3v) is 2.45. The van der Waals surface area contributed by atoms with Gasteiger partial charge >= 0.3 is 12.1 Å². The molecule has 1 heterocycles. The Morgan fingerprint density at radius 3 is 2.56 bits per heavy atom. The van der Waals surface area contributed by atoms with Crippen LogP contribution in [0.25, 0.3) is 10.4 Å². The summed E-state index contributed by atoms with van der Waals surface area (Å²) in [5.41, 5.74) is 7.67. The number of carboxylic acids is 1. The highest BCUT2D eigenvalue weighted by Gasteiger charge is 2.43. The maximum atomic E-state index is 11.8. The number of nitrogens with zero attached hydrogens (tertiary/aromatic N) is 4. The lowest BCUT2D eigenvalue weighted by molar-refractivity contribution is -0.142. The van der Waals surface area contributed by atoms with E-state index in [4.69, 9.17) is 15.4 Å². The van der Waals surface area contributed by atoms with E-state index in [1.807, 2.05) is 0 Å². The Bertz CT molecular complexity index is 397. The number of carboxylic acid groups (broad SMARTS) is 1. The van der Waals surface area contributed by atoms with Crippen LogP contribution in [0.3, 0.4) is 0 Å². The summed E-state index contributed by atoms with van der Waals surface area (Å²) in [6.45, 7) is 5.29. The summed E-state index contributed by atoms with van der Waals surface area (Å²) in [5.74, 6) is -1.20. The van der Waals surface area contributed by atoms with Crippen molar-refractivity contribution in [2.24, 2.45) is 5.11 Å². The van der Waals surface area contributed by atoms with E-state index in [-0.39, 0.29) is 6.54 Å². The van der Waals surface area contributed by atoms with Crippen molar-refractivity contribution < 1.29 is 19.4 Å². The molecule has 18 heavy (non-hydrogen) atoms. The van der Waals surface area contributed by atoms with Crippen LogP contribution in [0.15, 0.2) is 5.11 Å². The molecule has 0 spiro atoms. The van der Waals surface area contributed by atoms with Gasteiger partial charge in [-0.25, -0.2) is 9.59 Å². The zero-order chi connectivity index (χ0) is 13.9. The van der Waals surface area contributed by atoms with E-state index in [1.54, 1.807) is 20.8 Å². The van der Waals surface area contributed by atoms with Gasteiger partial charge in [0.15, 0.2) is 0 Å². The van der Waals surface area contributed by atoms with Crippen molar-refractivity contribution >= 4 is 12.1 Å². The standard InChI is InChI=1S/C10H16N4O4/c1-10(2,3)18-9(17)14-5-4-6(12-13-11)7(14)8(15)16/h6-7H,4-5H2,1-3H3,(H,15,16). The highest BCUT2D eigenvalue weighted by atomic mass is 16.6. The van der Waals surface area contributed by atoms with Crippen LogP contribution in [0, 0.1) is 0 Å². The van der Waals surface area contributed by atoms with Gasteiger partial charge in [-0.3, -0.25) is 4.90 Å². The van der Waals surface area contributed by atoms with E-state index in [1.165, 1.54) is 0 Å². The van der Waals surface area contributed by atoms with Gasteiger partial charge in [-0.15, -0.1) is 0 Å². The SMILES string of the molecule is CC(C)(C)OC(=O)N1CCC(N=[N+]=[N-])C1C(=O)O. The number of carbonyl (C=O) groups is 2. The quantitative estimate of drug-likeness (QED) is 0.460. The number of azide groups is 1. The van der Waals surface area contributed by atoms with Crippen LogP contribution in [0.4, 0.5) is 4.79 Å². The van der Waals surface area contributed by atoms with Crippen LogP contribution < -0.4 is 0 Å². The molecule has 0 aromatic rings. The Labute approximate surface area is 104 Å². The van der Waals surface area contributed by atoms with E-state index >= 15 is 0 Å². The normalized spacial score (nSPS) is 23.4. The molecular weight excluding hydrogens is 240 g/mol. The van der Waals surface area contributed by atoms with Gasteiger partial charge in [0, 0.05) is 11.5 Å². The van der Waals surface area contributed by atoms with Crippen molar-refractivity contribution in [1.29, 1.82) is 0 Å². The van der Waals surface area contributed by atoms with Crippen molar-refractivity contribution in [2.45, 2.75) is 44.9 Å². The van der Waals surface area contributed by atoms with Crippen LogP contribution in [0.5, 0.6) is 0 Å². The number of amides is 1. The largest absolute Gasteiger partial charge is 0.480 e. The molecule has 2 atom stereocenters. The van der Waals surface area contributed by atoms with Gasteiger partial charge in [-0.1, -0.05) is 5.11 Å². The number of ether oxygens (including phenoxy) is 1. The Hall–Kier alpha value is -1.95. The molecule has 8 heteroatoms. The van der Waals surface area contributed by atoms with E-state index < -0.39 is 29.7 Å². The first-order chi connectivity index (χ1) is 8.26. The molecular formula is C10H16N4O4. The first-order valence-electron chi connectivity index (χ1n) is 5.53. The molecule has 100 valence electrons. The van der Waals surface area contributed by atoms with Gasteiger partial charge in [0.2, 0.25) is 0 Å². The van der Waals surface area contributed by atoms with Crippen molar-refractivity contribution in [3.8, 4) is 0 Å². The van der Waals surface area contributed by atoms with E-state index in [0.717, 1.165) is 4.90 Å². The lowest BCUT2D eigenvalue weighted by Crippen LogP contribution is -2.46. The second-order valence-corrected chi connectivity index (χ2v) is 5.02. The lowest BCUT2D eigenvalue weighted by Gasteiger charge is -2.27. The first-order valence-corrected chi connectivity index (χ1v) is 5.53. The van der Waals surface area contributed by atoms with E-state index in [9.17, 15) is 9.59 Å². The lowest BCUT2D eigenvalue weighted by atomic mass is 10.1. The minimum atomic E-state index is -1.20. The number of carbonyl (C=O) groups excluding carboxylic acids is 1. The minimum Gasteiger partial charge on any atom is -0.480 e. The van der Waals surface area contributed by atoms with E-state index in [2.05, 4.69) is 10.0 Å². The van der Waals surface area contributed by atoms with Gasteiger partial charge in [0.05, 0.1) is 6.04 Å². The maximum Gasteiger partial charge on any atom is 0.411 e. The maximum absolute atomic E-state index is 11.8. The van der Waals surface area contributed by atoms with Crippen LogP contribution in [0.2, 0.25) is 0 Å². The molecule has 1 rings (SSSR count). The molecule has 1 aliphatic rings. The fourth-order valence-corrected chi connectivity index (χ4v) is 1.79. The number of aliphatic carboxylic acids is 1. The second-order valence-electron chi connectivity index (χ2n) is 5.02. The van der Waals surface area contributed by atoms with Gasteiger partial charge < -0.3 is 9.84 Å². The van der Waals surface area contributed by atoms with Crippen LogP contribution in [0.1, 0.15) is 27.2 Å². The average Bonchev–Trinajstić information content (AvgIpc) is 2.59. The molecule has 2 unspecified atom stereocenters. The summed E-state index contributed by atoms with van der Waals surface area (Å²) in [5, 5.41) is 12.5. The van der Waals surface area contributed by atoms with Crippen molar-refractivity contribution in [1.82, 2.24) is 4.90 Å². The van der Waals surface area contributed by atoms with Crippen molar-refractivity contribution in [3.63, 3.8) is 0 Å². The molecule has 1 aliphatic heterocycles. The van der Waals surface area contributed by atoms with Crippen LogP contribution in [-0.2, 0) is 9.53 Å². The van der Waals surface area contributed by atoms with Crippen molar-refractivity contribution in [2.75, 3.05) is 6.54 Å². The smallest absolute Gasteiger partial charge is 0.411 e. The molecule has 0 radical (unpaired) electrons. The van der Waals surface area contributed by atoms with Crippen LogP contribution in [-0.4, -0.2) is 46.3 Å². The number of hydrogen-bond acceptors (Lipinski definition) is 4. The molecule has 0 aromatic carbocycles. The Morgan fingerprint density at radius 2 is 2.11 bits per heavy atom. The van der Waals surface area contributed by atoms with Crippen molar-refractivity contribution in [3.05, 3.63) is 10.4 Å². The van der Waals surface area contributed by atoms with Gasteiger partial charge in [0.25, 0.3) is 0 Å². The van der Waals surface area contributed by atoms with Gasteiger partial charge in [-0.2, -0.15) is 0 Å². The van der Waals surface area contributed by atoms with Gasteiger partial charge in [-0.05, 0) is 32.7 Å². The molecule has 1 fully saturated rings. The third-order valence-electron chi connectivity index (χ3n) is 2.45. The zero-order valence-electron chi connectivity index (χ0n) is 10.5. The molecule has 0 bridgehead atoms. The monoisotopic (exact) mass is 256 g/mol. The molecule has 1 amide bonds. The molecule has 0 aromatic heterocycles. The summed E-state index contributed by atoms with van der Waals surface area (Å²) < 4.78 is 5.12. The van der Waals surface area contributed by atoms with E-state index in [0.29, 0.717) is 6.42 Å². The molecule has 1 N–H and O–H groups in total. The summed E-state index contributed by atoms with van der Waals surface area (Å²) in [4.78, 5) is 26.7. The van der Waals surface area contributed by atoms with Crippen LogP contribution >= 0.6 is 0 Å². The highest BCUT2D eigenvalue weighted by Crippen LogP contribution is 2.24. The zero-order valence-corrected chi connectivity index (χ0v) is 10.5. The predicted octanol–water partition coefficient (Wildman–Crippen LogP) is 1.76. The fraction of sp³-hybridized carbons (Fsp3) is 0.800. The Balaban J connectivity index is 2.86. The molecule has 1 saturated heterocycles. The highest BCUT2D eigenvalue weighted by molar-refractivity contribution is 5.81. The number of likely N-dealkylation sites (tertiary alicyclic amines) is 1. The average molecular weight is 256 g/mol. The predicted molar refractivity (Wildman–Crippen MR) is 61.9 cm³/mol. The Kier molecular flexibility index (Phi) is 4.03. The Morgan fingerprint density at radius 1 is 1.50 bits per heavy atom. The van der Waals surface area contributed by atoms with Gasteiger partial charge in [0.1, 0.15) is 11.6 Å². The number of hydrogen-bond donors (Lipinski definition) is 1. The first kappa shape index (κ1) is 14.1. The molecule has 0 saturated carbocycles.